The van der Waals surface area contributed by atoms with E-state index in [1.165, 1.54) is 38.4 Å². The minimum Gasteiger partial charge on any atom is -0.337 e. The van der Waals surface area contributed by atoms with Gasteiger partial charge < -0.3 is 4.98 Å². The quantitative estimate of drug-likeness (QED) is 0.751. The Morgan fingerprint density at radius 1 is 1.24 bits per heavy atom. The van der Waals surface area contributed by atoms with E-state index in [2.05, 4.69) is 9.97 Å². The van der Waals surface area contributed by atoms with Crippen LogP contribution in [0.3, 0.4) is 0 Å². The first-order valence-corrected chi connectivity index (χ1v) is 9.15. The molecule has 0 atom stereocenters. The maximum atomic E-state index is 13.7. The van der Waals surface area contributed by atoms with E-state index < -0.39 is 15.8 Å². The number of aromatic amines is 1. The van der Waals surface area contributed by atoms with Crippen LogP contribution in [0.4, 0.5) is 4.39 Å². The van der Waals surface area contributed by atoms with Gasteiger partial charge in [-0.2, -0.15) is 0 Å². The molecule has 0 saturated heterocycles. The molecule has 0 amide bonds. The molecule has 0 unspecified atom stereocenters. The zero-order valence-corrected chi connectivity index (χ0v) is 15.1. The monoisotopic (exact) mass is 379 g/mol. The first-order valence-electron chi connectivity index (χ1n) is 7.33. The lowest BCUT2D eigenvalue weighted by atomic mass is 10.2. The van der Waals surface area contributed by atoms with Gasteiger partial charge in [-0.15, -0.1) is 0 Å². The molecule has 1 N–H and O–H groups in total. The number of nitrogens with zero attached hydrogens (tertiary/aromatic N) is 2. The summed E-state index contributed by atoms with van der Waals surface area (Å²) in [6.45, 7) is 0. The van der Waals surface area contributed by atoms with Crippen LogP contribution in [0.5, 0.6) is 0 Å². The smallest absolute Gasteiger partial charge is 0.242 e. The van der Waals surface area contributed by atoms with Crippen molar-refractivity contribution >= 4 is 43.8 Å². The fourth-order valence-electron chi connectivity index (χ4n) is 2.27. The molecule has 0 aliphatic carbocycles. The molecule has 1 aromatic heterocycles. The molecule has 0 bridgehead atoms. The summed E-state index contributed by atoms with van der Waals surface area (Å²) in [6.07, 6.45) is 1.46. The molecule has 8 heteroatoms. The predicted molar refractivity (Wildman–Crippen MR) is 97.1 cm³/mol. The Morgan fingerprint density at radius 2 is 1.96 bits per heavy atom. The molecule has 1 heterocycles. The van der Waals surface area contributed by atoms with E-state index in [-0.39, 0.29) is 9.93 Å². The third-order valence-corrected chi connectivity index (χ3v) is 5.74. The van der Waals surface area contributed by atoms with Gasteiger partial charge in [-0.25, -0.2) is 22.1 Å². The van der Waals surface area contributed by atoms with Crippen molar-refractivity contribution in [1.29, 1.82) is 0 Å². The summed E-state index contributed by atoms with van der Waals surface area (Å²) in [6, 6.07) is 10.8. The van der Waals surface area contributed by atoms with Crippen molar-refractivity contribution < 1.29 is 12.8 Å². The molecule has 0 radical (unpaired) electrons. The predicted octanol–water partition coefficient (Wildman–Crippen LogP) is 3.69. The number of H-pyrrole nitrogens is 1. The Hall–Kier alpha value is -2.22. The molecule has 3 rings (SSSR count). The maximum Gasteiger partial charge on any atom is 0.242 e. The molecular formula is C17H15ClFN3O2S. The fraction of sp³-hybridized carbons (Fsp3) is 0.118. The minimum atomic E-state index is -3.55. The zero-order chi connectivity index (χ0) is 18.2. The Bertz CT molecular complexity index is 1070. The van der Waals surface area contributed by atoms with Gasteiger partial charge in [-0.1, -0.05) is 29.8 Å². The number of fused-ring (bicyclic) bond motifs is 1. The molecule has 0 spiro atoms. The molecule has 3 aromatic rings. The van der Waals surface area contributed by atoms with Crippen LogP contribution in [-0.4, -0.2) is 36.8 Å². The van der Waals surface area contributed by atoms with Gasteiger partial charge in [-0.3, -0.25) is 0 Å². The van der Waals surface area contributed by atoms with Gasteiger partial charge in [0.05, 0.1) is 21.0 Å². The van der Waals surface area contributed by atoms with Crippen molar-refractivity contribution in [2.75, 3.05) is 14.1 Å². The van der Waals surface area contributed by atoms with Gasteiger partial charge in [0.15, 0.2) is 0 Å². The lowest BCUT2D eigenvalue weighted by Crippen LogP contribution is -2.22. The van der Waals surface area contributed by atoms with Gasteiger partial charge in [0, 0.05) is 19.7 Å². The summed E-state index contributed by atoms with van der Waals surface area (Å²) in [4.78, 5) is 7.44. The van der Waals surface area contributed by atoms with Crippen LogP contribution in [0.2, 0.25) is 0 Å². The van der Waals surface area contributed by atoms with Gasteiger partial charge in [0.2, 0.25) is 10.0 Å². The number of hydrogen-bond acceptors (Lipinski definition) is 3. The topological polar surface area (TPSA) is 66.1 Å². The van der Waals surface area contributed by atoms with Crippen LogP contribution < -0.4 is 0 Å². The standard InChI is InChI=1S/C17H15ClFN3O2S/c1-22(2)25(23,24)12-7-8-15-16(10-12)21-17(20-15)13(18)9-11-5-3-4-6-14(11)19/h3-10H,1-2H3,(H,20,21)/b13-9-. The summed E-state index contributed by atoms with van der Waals surface area (Å²) in [5, 5.41) is 0.221. The van der Waals surface area contributed by atoms with Crippen molar-refractivity contribution in [3.8, 4) is 0 Å². The first kappa shape index (κ1) is 17.6. The summed E-state index contributed by atoms with van der Waals surface area (Å²) < 4.78 is 39.3. The van der Waals surface area contributed by atoms with Crippen LogP contribution in [0.1, 0.15) is 11.4 Å². The number of halogens is 2. The van der Waals surface area contributed by atoms with Crippen LogP contribution in [0.15, 0.2) is 47.4 Å². The number of rotatable bonds is 4. The summed E-state index contributed by atoms with van der Waals surface area (Å²) >= 11 is 6.24. The van der Waals surface area contributed by atoms with E-state index in [1.807, 2.05) is 0 Å². The fourth-order valence-corrected chi connectivity index (χ4v) is 3.41. The Kier molecular flexibility index (Phi) is 4.64. The Labute approximate surface area is 149 Å². The van der Waals surface area contributed by atoms with Gasteiger partial charge >= 0.3 is 0 Å². The lowest BCUT2D eigenvalue weighted by molar-refractivity contribution is 0.521. The van der Waals surface area contributed by atoms with Gasteiger partial charge in [0.1, 0.15) is 11.6 Å². The highest BCUT2D eigenvalue weighted by Gasteiger charge is 2.18. The molecule has 0 aliphatic heterocycles. The second-order valence-corrected chi connectivity index (χ2v) is 8.12. The van der Waals surface area contributed by atoms with Crippen molar-refractivity contribution in [3.05, 3.63) is 59.7 Å². The highest BCUT2D eigenvalue weighted by atomic mass is 35.5. The molecule has 2 aromatic carbocycles. The minimum absolute atomic E-state index is 0.148. The van der Waals surface area contributed by atoms with Crippen LogP contribution in [0.25, 0.3) is 22.1 Å². The average molecular weight is 380 g/mol. The number of nitrogens with one attached hydrogen (secondary N) is 1. The van der Waals surface area contributed by atoms with Crippen molar-refractivity contribution in [2.24, 2.45) is 0 Å². The third-order valence-electron chi connectivity index (χ3n) is 3.65. The van der Waals surface area contributed by atoms with Crippen LogP contribution in [0, 0.1) is 5.82 Å². The van der Waals surface area contributed by atoms with E-state index in [9.17, 15) is 12.8 Å². The number of benzene rings is 2. The number of imidazole rings is 1. The van der Waals surface area contributed by atoms with Crippen LogP contribution >= 0.6 is 11.6 Å². The second kappa shape index (κ2) is 6.59. The molecule has 5 nitrogen and oxygen atoms in total. The Balaban J connectivity index is 2.03. The van der Waals surface area contributed by atoms with E-state index in [4.69, 9.17) is 11.6 Å². The summed E-state index contributed by atoms with van der Waals surface area (Å²) in [5.74, 6) is -0.0598. The molecule has 25 heavy (non-hydrogen) atoms. The van der Waals surface area contributed by atoms with Crippen molar-refractivity contribution in [2.45, 2.75) is 4.90 Å². The van der Waals surface area contributed by atoms with E-state index >= 15 is 0 Å². The number of sulfonamides is 1. The average Bonchev–Trinajstić information content (AvgIpc) is 3.00. The molecule has 130 valence electrons. The molecule has 0 aliphatic rings. The Morgan fingerprint density at radius 3 is 2.64 bits per heavy atom. The van der Waals surface area contributed by atoms with E-state index in [0.717, 1.165) is 4.31 Å². The first-order chi connectivity index (χ1) is 11.8. The lowest BCUT2D eigenvalue weighted by Gasteiger charge is -2.10. The molecule has 0 fully saturated rings. The zero-order valence-electron chi connectivity index (χ0n) is 13.5. The number of aromatic nitrogens is 2. The molecule has 0 saturated carbocycles. The van der Waals surface area contributed by atoms with E-state index in [1.54, 1.807) is 24.3 Å². The summed E-state index contributed by atoms with van der Waals surface area (Å²) in [5.41, 5.74) is 1.43. The third kappa shape index (κ3) is 3.44. The van der Waals surface area contributed by atoms with Gasteiger partial charge in [-0.05, 0) is 30.3 Å². The van der Waals surface area contributed by atoms with Crippen LogP contribution in [-0.2, 0) is 10.0 Å². The normalized spacial score (nSPS) is 12.9. The number of hydrogen-bond donors (Lipinski definition) is 1. The van der Waals surface area contributed by atoms with Crippen molar-refractivity contribution in [1.82, 2.24) is 14.3 Å². The molecular weight excluding hydrogens is 365 g/mol. The highest BCUT2D eigenvalue weighted by Crippen LogP contribution is 2.25. The second-order valence-electron chi connectivity index (χ2n) is 5.57. The van der Waals surface area contributed by atoms with Gasteiger partial charge in [0.25, 0.3) is 0 Å². The SMILES string of the molecule is CN(C)S(=O)(=O)c1ccc2nc(/C(Cl)=C/c3ccccc3F)[nH]c2c1. The van der Waals surface area contributed by atoms with Crippen molar-refractivity contribution in [3.63, 3.8) is 0 Å². The highest BCUT2D eigenvalue weighted by molar-refractivity contribution is 7.89. The van der Waals surface area contributed by atoms with E-state index in [0.29, 0.717) is 22.4 Å². The maximum absolute atomic E-state index is 13.7. The largest absolute Gasteiger partial charge is 0.337 e. The summed E-state index contributed by atoms with van der Waals surface area (Å²) in [7, 11) is -0.617.